The first kappa shape index (κ1) is 14.8. The van der Waals surface area contributed by atoms with Gasteiger partial charge < -0.3 is 4.98 Å². The number of aromatic nitrogens is 2. The Kier molecular flexibility index (Phi) is 4.32. The minimum Gasteiger partial charge on any atom is -0.341 e. The maximum atomic E-state index is 12.5. The highest BCUT2D eigenvalue weighted by molar-refractivity contribution is 7.84. The van der Waals surface area contributed by atoms with E-state index >= 15 is 0 Å². The molecule has 0 aliphatic carbocycles. The van der Waals surface area contributed by atoms with E-state index in [1.807, 2.05) is 26.0 Å². The van der Waals surface area contributed by atoms with E-state index in [4.69, 9.17) is 0 Å². The van der Waals surface area contributed by atoms with Crippen molar-refractivity contribution in [1.29, 1.82) is 0 Å². The number of nitrogens with one attached hydrogen (secondary N) is 1. The maximum Gasteiger partial charge on any atom is 0.295 e. The number of nitrogens with zero attached hydrogens (tertiary/aromatic N) is 1. The van der Waals surface area contributed by atoms with Crippen LogP contribution in [0.2, 0.25) is 0 Å². The highest BCUT2D eigenvalue weighted by Crippen LogP contribution is 2.22. The second-order valence-corrected chi connectivity index (χ2v) is 6.12. The lowest BCUT2D eigenvalue weighted by molar-refractivity contribution is 0.141. The zero-order valence-electron chi connectivity index (χ0n) is 11.5. The summed E-state index contributed by atoms with van der Waals surface area (Å²) in [6.07, 6.45) is 0.924. The van der Waals surface area contributed by atoms with Crippen LogP contribution in [-0.4, -0.2) is 20.4 Å². The maximum absolute atomic E-state index is 12.5. The molecular weight excluding hydrogens is 282 g/mol. The molecule has 0 amide bonds. The van der Waals surface area contributed by atoms with E-state index in [0.717, 1.165) is 21.6 Å². The summed E-state index contributed by atoms with van der Waals surface area (Å²) in [5, 5.41) is 0. The summed E-state index contributed by atoms with van der Waals surface area (Å²) in [7, 11) is -1.07. The molecule has 1 atom stereocenters. The molecule has 20 heavy (non-hydrogen) atoms. The second-order valence-electron chi connectivity index (χ2n) is 4.77. The van der Waals surface area contributed by atoms with Crippen molar-refractivity contribution in [2.24, 2.45) is 0 Å². The van der Waals surface area contributed by atoms with Gasteiger partial charge in [-0.15, -0.1) is 0 Å². The molecule has 0 saturated heterocycles. The van der Waals surface area contributed by atoms with Gasteiger partial charge in [0.2, 0.25) is 0 Å². The van der Waals surface area contributed by atoms with Crippen LogP contribution in [0.3, 0.4) is 0 Å². The van der Waals surface area contributed by atoms with Gasteiger partial charge in [-0.25, -0.2) is 13.8 Å². The predicted octanol–water partition coefficient (Wildman–Crippen LogP) is 3.29. The average Bonchev–Trinajstić information content (AvgIpc) is 2.80. The largest absolute Gasteiger partial charge is 0.341 e. The fourth-order valence-electron chi connectivity index (χ4n) is 2.16. The van der Waals surface area contributed by atoms with Gasteiger partial charge in [0.15, 0.2) is 5.82 Å². The van der Waals surface area contributed by atoms with E-state index in [1.54, 1.807) is 6.26 Å². The number of halogens is 2. The van der Waals surface area contributed by atoms with Gasteiger partial charge in [0.05, 0.1) is 10.8 Å². The minimum atomic E-state index is -2.60. The van der Waals surface area contributed by atoms with E-state index in [2.05, 4.69) is 9.97 Å². The van der Waals surface area contributed by atoms with E-state index in [9.17, 15) is 13.0 Å². The van der Waals surface area contributed by atoms with E-state index < -0.39 is 17.2 Å². The Balaban J connectivity index is 2.32. The first-order valence-corrected chi connectivity index (χ1v) is 7.69. The van der Waals surface area contributed by atoms with Crippen molar-refractivity contribution in [3.05, 3.63) is 46.5 Å². The molecule has 1 N–H and O–H groups in total. The number of aryl methyl sites for hydroxylation is 2. The van der Waals surface area contributed by atoms with Crippen molar-refractivity contribution in [3.8, 4) is 0 Å². The van der Waals surface area contributed by atoms with Crippen LogP contribution < -0.4 is 0 Å². The molecule has 1 heterocycles. The van der Waals surface area contributed by atoms with Crippen LogP contribution >= 0.6 is 0 Å². The zero-order valence-corrected chi connectivity index (χ0v) is 12.4. The third-order valence-electron chi connectivity index (χ3n) is 3.18. The second kappa shape index (κ2) is 5.83. The molecule has 0 bridgehead atoms. The summed E-state index contributed by atoms with van der Waals surface area (Å²) in [5.41, 5.74) is 3.61. The summed E-state index contributed by atoms with van der Waals surface area (Å²) in [5.74, 6) is -0.316. The minimum absolute atomic E-state index is 0.316. The first-order valence-electron chi connectivity index (χ1n) is 6.14. The van der Waals surface area contributed by atoms with Crippen molar-refractivity contribution in [1.82, 2.24) is 9.97 Å². The van der Waals surface area contributed by atoms with Crippen LogP contribution in [0, 0.1) is 13.8 Å². The summed E-state index contributed by atoms with van der Waals surface area (Å²) >= 11 is 0. The van der Waals surface area contributed by atoms with Gasteiger partial charge in [-0.3, -0.25) is 4.21 Å². The number of alkyl halides is 2. The lowest BCUT2D eigenvalue weighted by Crippen LogP contribution is -1.99. The molecule has 2 rings (SSSR count). The van der Waals surface area contributed by atoms with Crippen molar-refractivity contribution < 1.29 is 13.0 Å². The van der Waals surface area contributed by atoms with Crippen molar-refractivity contribution >= 4 is 10.8 Å². The lowest BCUT2D eigenvalue weighted by atomic mass is 10.0. The van der Waals surface area contributed by atoms with E-state index in [1.165, 1.54) is 6.20 Å². The molecule has 6 heteroatoms. The SMILES string of the molecule is Cc1cc(C)c(S(C)=O)cc1Cc1cnc(C(F)F)[nH]1. The molecule has 0 aliphatic heterocycles. The van der Waals surface area contributed by atoms with Gasteiger partial charge in [-0.1, -0.05) is 6.07 Å². The third-order valence-corrected chi connectivity index (χ3v) is 4.24. The van der Waals surface area contributed by atoms with Gasteiger partial charge in [-0.2, -0.15) is 0 Å². The Bertz CT molecular complexity index is 653. The van der Waals surface area contributed by atoms with Gasteiger partial charge in [0.25, 0.3) is 6.43 Å². The third kappa shape index (κ3) is 3.12. The molecule has 0 spiro atoms. The number of hydrogen-bond donors (Lipinski definition) is 1. The molecule has 0 saturated carbocycles. The van der Waals surface area contributed by atoms with E-state index in [0.29, 0.717) is 12.1 Å². The van der Waals surface area contributed by atoms with Gasteiger partial charge in [-0.05, 0) is 36.6 Å². The van der Waals surface area contributed by atoms with Crippen LogP contribution in [0.25, 0.3) is 0 Å². The predicted molar refractivity (Wildman–Crippen MR) is 74.6 cm³/mol. The monoisotopic (exact) mass is 298 g/mol. The molecule has 0 fully saturated rings. The lowest BCUT2D eigenvalue weighted by Gasteiger charge is -2.10. The van der Waals surface area contributed by atoms with Gasteiger partial charge >= 0.3 is 0 Å². The number of H-pyrrole nitrogens is 1. The summed E-state index contributed by atoms with van der Waals surface area (Å²) in [6.45, 7) is 3.87. The quantitative estimate of drug-likeness (QED) is 0.941. The van der Waals surface area contributed by atoms with Crippen molar-refractivity contribution in [3.63, 3.8) is 0 Å². The summed E-state index contributed by atoms with van der Waals surface area (Å²) < 4.78 is 36.6. The number of aromatic amines is 1. The van der Waals surface area contributed by atoms with Crippen molar-refractivity contribution in [2.75, 3.05) is 6.26 Å². The zero-order chi connectivity index (χ0) is 14.9. The standard InChI is InChI=1S/C14H16F2N2OS/c1-8-4-9(2)12(20(3)19)6-10(8)5-11-7-17-14(18-11)13(15)16/h4,6-7,13H,5H2,1-3H3,(H,17,18). The molecule has 3 nitrogen and oxygen atoms in total. The smallest absolute Gasteiger partial charge is 0.295 e. The Labute approximate surface area is 118 Å². The number of hydrogen-bond acceptors (Lipinski definition) is 2. The molecule has 2 aromatic rings. The van der Waals surface area contributed by atoms with Crippen LogP contribution in [0.15, 0.2) is 23.2 Å². The van der Waals surface area contributed by atoms with Crippen LogP contribution in [-0.2, 0) is 17.2 Å². The molecule has 1 unspecified atom stereocenters. The van der Waals surface area contributed by atoms with Crippen molar-refractivity contribution in [2.45, 2.75) is 31.6 Å². The Morgan fingerprint density at radius 3 is 2.55 bits per heavy atom. The molecule has 1 aromatic carbocycles. The fraction of sp³-hybridized carbons (Fsp3) is 0.357. The molecule has 108 valence electrons. The number of benzene rings is 1. The number of rotatable bonds is 4. The van der Waals surface area contributed by atoms with Crippen LogP contribution in [0.1, 0.15) is 34.6 Å². The van der Waals surface area contributed by atoms with Gasteiger partial charge in [0, 0.05) is 29.5 Å². The molecule has 0 radical (unpaired) electrons. The van der Waals surface area contributed by atoms with Crippen LogP contribution in [0.4, 0.5) is 8.78 Å². The highest BCUT2D eigenvalue weighted by Gasteiger charge is 2.13. The molecular formula is C14H16F2N2OS. The highest BCUT2D eigenvalue weighted by atomic mass is 32.2. The average molecular weight is 298 g/mol. The Hall–Kier alpha value is -1.56. The first-order chi connectivity index (χ1) is 9.38. The van der Waals surface area contributed by atoms with E-state index in [-0.39, 0.29) is 5.82 Å². The summed E-state index contributed by atoms with van der Waals surface area (Å²) in [4.78, 5) is 7.04. The normalized spacial score (nSPS) is 12.9. The Morgan fingerprint density at radius 2 is 2.00 bits per heavy atom. The number of imidazole rings is 1. The summed E-state index contributed by atoms with van der Waals surface area (Å²) in [6, 6.07) is 3.85. The topological polar surface area (TPSA) is 45.8 Å². The Morgan fingerprint density at radius 1 is 1.30 bits per heavy atom. The molecule has 1 aromatic heterocycles. The fourth-order valence-corrected chi connectivity index (χ4v) is 2.98. The van der Waals surface area contributed by atoms with Crippen LogP contribution in [0.5, 0.6) is 0 Å². The van der Waals surface area contributed by atoms with Gasteiger partial charge in [0.1, 0.15) is 0 Å². The molecule has 0 aliphatic rings.